The average molecular weight is 352 g/mol. The number of amides is 1. The second-order valence-electron chi connectivity index (χ2n) is 5.47. The van der Waals surface area contributed by atoms with Gasteiger partial charge >= 0.3 is 0 Å². The Morgan fingerprint density at radius 1 is 1.48 bits per heavy atom. The summed E-state index contributed by atoms with van der Waals surface area (Å²) in [6.07, 6.45) is 6.94. The first-order chi connectivity index (χ1) is 10.1. The van der Waals surface area contributed by atoms with Crippen molar-refractivity contribution in [2.24, 2.45) is 0 Å². The van der Waals surface area contributed by atoms with Crippen LogP contribution in [0.2, 0.25) is 0 Å². The molecule has 0 aromatic carbocycles. The number of hydrogen-bond donors (Lipinski definition) is 0. The fourth-order valence-electron chi connectivity index (χ4n) is 2.70. The Morgan fingerprint density at radius 3 is 3.05 bits per heavy atom. The monoisotopic (exact) mass is 351 g/mol. The molecule has 112 valence electrons. The fraction of sp³-hybridized carbons (Fsp3) is 0.467. The number of likely N-dealkylation sites (tertiary alicyclic amines) is 1. The summed E-state index contributed by atoms with van der Waals surface area (Å²) in [5.41, 5.74) is 0. The summed E-state index contributed by atoms with van der Waals surface area (Å²) in [5, 5.41) is 4.18. The van der Waals surface area contributed by atoms with Gasteiger partial charge in [-0.3, -0.25) is 9.48 Å². The molecule has 21 heavy (non-hydrogen) atoms. The predicted octanol–water partition coefficient (Wildman–Crippen LogP) is 3.30. The van der Waals surface area contributed by atoms with Gasteiger partial charge in [0, 0.05) is 18.8 Å². The zero-order chi connectivity index (χ0) is 14.8. The molecule has 2 aromatic heterocycles. The fourth-order valence-corrected chi connectivity index (χ4v) is 3.03. The maximum absolute atomic E-state index is 12.5. The Balaban J connectivity index is 1.70. The van der Waals surface area contributed by atoms with E-state index in [0.29, 0.717) is 18.3 Å². The Bertz CT molecular complexity index is 634. The third-order valence-corrected chi connectivity index (χ3v) is 4.27. The highest BCUT2D eigenvalue weighted by Crippen LogP contribution is 2.20. The number of halogens is 1. The van der Waals surface area contributed by atoms with Crippen LogP contribution in [-0.2, 0) is 6.54 Å². The number of hydrogen-bond acceptors (Lipinski definition) is 3. The van der Waals surface area contributed by atoms with E-state index >= 15 is 0 Å². The molecule has 0 saturated carbocycles. The molecule has 1 aliphatic heterocycles. The van der Waals surface area contributed by atoms with Gasteiger partial charge < -0.3 is 9.32 Å². The Kier molecular flexibility index (Phi) is 4.14. The highest BCUT2D eigenvalue weighted by molar-refractivity contribution is 9.10. The van der Waals surface area contributed by atoms with Gasteiger partial charge in [0.05, 0.1) is 17.2 Å². The Hall–Kier alpha value is -1.56. The molecule has 1 fully saturated rings. The molecule has 3 rings (SSSR count). The standard InChI is InChI=1S/C15H18BrN3O2/c1-11-4-2-3-7-19(11)15(20)14-6-5-13(21-14)10-18-9-12(16)8-17-18/h5-6,8-9,11H,2-4,7,10H2,1H3/t11-/m0/s1. The van der Waals surface area contributed by atoms with Crippen molar-refractivity contribution < 1.29 is 9.21 Å². The molecule has 2 aromatic rings. The SMILES string of the molecule is C[C@H]1CCCCN1C(=O)c1ccc(Cn2cc(Br)cn2)o1. The second-order valence-corrected chi connectivity index (χ2v) is 6.38. The molecule has 0 radical (unpaired) electrons. The van der Waals surface area contributed by atoms with Crippen molar-refractivity contribution in [2.45, 2.75) is 38.8 Å². The third-order valence-electron chi connectivity index (χ3n) is 3.86. The lowest BCUT2D eigenvalue weighted by Gasteiger charge is -2.32. The molecule has 0 aliphatic carbocycles. The number of piperidine rings is 1. The Morgan fingerprint density at radius 2 is 2.33 bits per heavy atom. The van der Waals surface area contributed by atoms with Crippen LogP contribution in [0.4, 0.5) is 0 Å². The topological polar surface area (TPSA) is 51.3 Å². The minimum atomic E-state index is -0.00454. The zero-order valence-corrected chi connectivity index (χ0v) is 13.5. The van der Waals surface area contributed by atoms with Gasteiger partial charge in [0.2, 0.25) is 0 Å². The summed E-state index contributed by atoms with van der Waals surface area (Å²) in [4.78, 5) is 14.4. The minimum absolute atomic E-state index is 0.00454. The van der Waals surface area contributed by atoms with Crippen LogP contribution < -0.4 is 0 Å². The van der Waals surface area contributed by atoms with Crippen LogP contribution in [0, 0.1) is 0 Å². The highest BCUT2D eigenvalue weighted by atomic mass is 79.9. The normalized spacial score (nSPS) is 19.0. The molecule has 1 amide bonds. The minimum Gasteiger partial charge on any atom is -0.454 e. The lowest BCUT2D eigenvalue weighted by Crippen LogP contribution is -2.41. The summed E-state index contributed by atoms with van der Waals surface area (Å²) < 4.78 is 8.38. The first-order valence-electron chi connectivity index (χ1n) is 7.21. The van der Waals surface area contributed by atoms with Crippen molar-refractivity contribution in [1.82, 2.24) is 14.7 Å². The Labute approximate surface area is 132 Å². The zero-order valence-electron chi connectivity index (χ0n) is 12.0. The van der Waals surface area contributed by atoms with Crippen LogP contribution in [0.3, 0.4) is 0 Å². The van der Waals surface area contributed by atoms with Gasteiger partial charge in [-0.1, -0.05) is 0 Å². The van der Waals surface area contributed by atoms with Gasteiger partial charge in [0.1, 0.15) is 5.76 Å². The van der Waals surface area contributed by atoms with Crippen molar-refractivity contribution >= 4 is 21.8 Å². The highest BCUT2D eigenvalue weighted by Gasteiger charge is 2.26. The quantitative estimate of drug-likeness (QED) is 0.852. The van der Waals surface area contributed by atoms with Crippen molar-refractivity contribution in [3.63, 3.8) is 0 Å². The molecule has 3 heterocycles. The van der Waals surface area contributed by atoms with Crippen LogP contribution in [0.5, 0.6) is 0 Å². The number of carbonyl (C=O) groups is 1. The second kappa shape index (κ2) is 6.05. The summed E-state index contributed by atoms with van der Waals surface area (Å²) >= 11 is 3.36. The average Bonchev–Trinajstić information content (AvgIpc) is 3.08. The van der Waals surface area contributed by atoms with Crippen LogP contribution in [0.1, 0.15) is 42.5 Å². The van der Waals surface area contributed by atoms with E-state index in [0.717, 1.165) is 29.6 Å². The molecule has 0 unspecified atom stereocenters. The molecule has 1 atom stereocenters. The van der Waals surface area contributed by atoms with Gasteiger partial charge in [-0.05, 0) is 54.2 Å². The van der Waals surface area contributed by atoms with Gasteiger partial charge in [-0.2, -0.15) is 5.10 Å². The maximum Gasteiger partial charge on any atom is 0.289 e. The van der Waals surface area contributed by atoms with Crippen molar-refractivity contribution in [2.75, 3.05) is 6.54 Å². The van der Waals surface area contributed by atoms with E-state index in [1.807, 2.05) is 17.2 Å². The van der Waals surface area contributed by atoms with Crippen LogP contribution in [0.15, 0.2) is 33.4 Å². The number of carbonyl (C=O) groups excluding carboxylic acids is 1. The van der Waals surface area contributed by atoms with E-state index in [1.165, 1.54) is 6.42 Å². The van der Waals surface area contributed by atoms with Crippen molar-refractivity contribution in [3.05, 3.63) is 40.5 Å². The summed E-state index contributed by atoms with van der Waals surface area (Å²) in [6.45, 7) is 3.44. The first-order valence-corrected chi connectivity index (χ1v) is 8.00. The molecule has 1 saturated heterocycles. The van der Waals surface area contributed by atoms with Crippen LogP contribution in [-0.4, -0.2) is 33.2 Å². The maximum atomic E-state index is 12.5. The van der Waals surface area contributed by atoms with Gasteiger partial charge in [0.15, 0.2) is 5.76 Å². The number of nitrogens with zero attached hydrogens (tertiary/aromatic N) is 3. The summed E-state index contributed by atoms with van der Waals surface area (Å²) in [7, 11) is 0. The van der Waals surface area contributed by atoms with Gasteiger partial charge in [0.25, 0.3) is 5.91 Å². The van der Waals surface area contributed by atoms with Crippen LogP contribution >= 0.6 is 15.9 Å². The largest absolute Gasteiger partial charge is 0.454 e. The van der Waals surface area contributed by atoms with Crippen molar-refractivity contribution in [1.29, 1.82) is 0 Å². The van der Waals surface area contributed by atoms with E-state index in [2.05, 4.69) is 28.0 Å². The van der Waals surface area contributed by atoms with E-state index in [-0.39, 0.29) is 5.91 Å². The lowest BCUT2D eigenvalue weighted by molar-refractivity contribution is 0.0601. The van der Waals surface area contributed by atoms with Crippen LogP contribution in [0.25, 0.3) is 0 Å². The van der Waals surface area contributed by atoms with E-state index in [4.69, 9.17) is 4.42 Å². The van der Waals surface area contributed by atoms with E-state index in [9.17, 15) is 4.79 Å². The molecular formula is C15H18BrN3O2. The number of furan rings is 1. The molecule has 5 nitrogen and oxygen atoms in total. The lowest BCUT2D eigenvalue weighted by atomic mass is 10.0. The summed E-state index contributed by atoms with van der Waals surface area (Å²) in [6, 6.07) is 3.90. The predicted molar refractivity (Wildman–Crippen MR) is 82.1 cm³/mol. The molecular weight excluding hydrogens is 334 g/mol. The van der Waals surface area contributed by atoms with Gasteiger partial charge in [-0.25, -0.2) is 0 Å². The van der Waals surface area contributed by atoms with Gasteiger partial charge in [-0.15, -0.1) is 0 Å². The van der Waals surface area contributed by atoms with E-state index < -0.39 is 0 Å². The van der Waals surface area contributed by atoms with Crippen molar-refractivity contribution in [3.8, 4) is 0 Å². The smallest absolute Gasteiger partial charge is 0.289 e. The van der Waals surface area contributed by atoms with E-state index in [1.54, 1.807) is 16.9 Å². The number of aromatic nitrogens is 2. The molecule has 0 bridgehead atoms. The molecule has 0 spiro atoms. The summed E-state index contributed by atoms with van der Waals surface area (Å²) in [5.74, 6) is 1.15. The molecule has 6 heteroatoms. The molecule has 0 N–H and O–H groups in total. The first kappa shape index (κ1) is 14.4. The molecule has 1 aliphatic rings. The number of rotatable bonds is 3. The third kappa shape index (κ3) is 3.20.